The van der Waals surface area contributed by atoms with Crippen LogP contribution in [0, 0.1) is 18.3 Å². The average Bonchev–Trinajstić information content (AvgIpc) is 3.07. The largest absolute Gasteiger partial charge is 0.451 e. The number of hydrogen-bond donors (Lipinski definition) is 0. The lowest BCUT2D eigenvalue weighted by molar-refractivity contribution is -0.157. The number of nitrogens with zero attached hydrogens (tertiary/aromatic N) is 3. The first-order valence-electron chi connectivity index (χ1n) is 9.90. The Morgan fingerprint density at radius 1 is 1.30 bits per heavy atom. The van der Waals surface area contributed by atoms with E-state index in [1.54, 1.807) is 11.6 Å². The molecule has 0 N–H and O–H groups in total. The van der Waals surface area contributed by atoms with Crippen molar-refractivity contribution in [3.63, 3.8) is 0 Å². The second-order valence-electron chi connectivity index (χ2n) is 7.96. The van der Waals surface area contributed by atoms with Crippen LogP contribution < -0.4 is 0 Å². The summed E-state index contributed by atoms with van der Waals surface area (Å²) in [7, 11) is 0. The van der Waals surface area contributed by atoms with Gasteiger partial charge in [-0.25, -0.2) is 4.79 Å². The van der Waals surface area contributed by atoms with Crippen molar-refractivity contribution in [1.29, 1.82) is 5.26 Å². The molecule has 0 fully saturated rings. The van der Waals surface area contributed by atoms with Crippen LogP contribution in [0.15, 0.2) is 43.0 Å². The minimum atomic E-state index is -0.914. The van der Waals surface area contributed by atoms with Gasteiger partial charge in [0, 0.05) is 19.5 Å². The number of nitriles is 1. The number of esters is 1. The molecule has 0 bridgehead atoms. The summed E-state index contributed by atoms with van der Waals surface area (Å²) in [6.07, 6.45) is 0.156. The van der Waals surface area contributed by atoms with E-state index in [0.29, 0.717) is 29.1 Å². The zero-order valence-corrected chi connectivity index (χ0v) is 18.5. The Morgan fingerprint density at radius 3 is 2.43 bits per heavy atom. The molecule has 6 nitrogen and oxygen atoms in total. The van der Waals surface area contributed by atoms with Gasteiger partial charge in [-0.05, 0) is 36.5 Å². The number of hydrogen-bond acceptors (Lipinski definition) is 5. The van der Waals surface area contributed by atoms with E-state index in [1.807, 2.05) is 44.2 Å². The van der Waals surface area contributed by atoms with Crippen molar-refractivity contribution < 1.29 is 14.3 Å². The van der Waals surface area contributed by atoms with E-state index in [2.05, 4.69) is 38.5 Å². The summed E-state index contributed by atoms with van der Waals surface area (Å²) in [6.45, 7) is 15.8. The van der Waals surface area contributed by atoms with Crippen LogP contribution in [0.2, 0.25) is 0 Å². The maximum Gasteiger partial charge on any atom is 0.333 e. The molecular weight excluding hydrogens is 378 g/mol. The molecular formula is C24H29N3O3. The summed E-state index contributed by atoms with van der Waals surface area (Å²) in [6, 6.07) is 11.9. The molecule has 0 saturated carbocycles. The molecule has 0 aliphatic heterocycles. The molecule has 30 heavy (non-hydrogen) atoms. The van der Waals surface area contributed by atoms with Gasteiger partial charge in [-0.2, -0.15) is 10.4 Å². The number of allylic oxidation sites excluding steroid dienone is 1. The van der Waals surface area contributed by atoms with E-state index in [4.69, 9.17) is 9.47 Å². The van der Waals surface area contributed by atoms with E-state index in [9.17, 15) is 10.1 Å². The van der Waals surface area contributed by atoms with Gasteiger partial charge in [-0.15, -0.1) is 0 Å². The molecule has 1 aromatic carbocycles. The van der Waals surface area contributed by atoms with Crippen LogP contribution >= 0.6 is 0 Å². The molecule has 0 aliphatic rings. The zero-order valence-electron chi connectivity index (χ0n) is 18.5. The highest BCUT2D eigenvalue weighted by Crippen LogP contribution is 2.31. The van der Waals surface area contributed by atoms with E-state index in [1.165, 1.54) is 0 Å². The highest BCUT2D eigenvalue weighted by molar-refractivity contribution is 5.94. The van der Waals surface area contributed by atoms with Gasteiger partial charge in [-0.3, -0.25) is 4.68 Å². The molecule has 0 radical (unpaired) electrons. The second-order valence-corrected chi connectivity index (χ2v) is 7.96. The minimum Gasteiger partial charge on any atom is -0.451 e. The second kappa shape index (κ2) is 9.45. The number of carbonyl (C=O) groups excluding carboxylic acids is 1. The topological polar surface area (TPSA) is 77.1 Å². The molecule has 0 amide bonds. The SMILES string of the molecule is C=CC(=O)OC(C)O/C(=C(/C#N)c1ccc(C(C)(C)C)cc1)c1cc(C)nn1CC. The van der Waals surface area contributed by atoms with Gasteiger partial charge in [0.25, 0.3) is 0 Å². The van der Waals surface area contributed by atoms with Gasteiger partial charge in [0.05, 0.1) is 5.69 Å². The average molecular weight is 408 g/mol. The molecule has 2 aromatic rings. The zero-order chi connectivity index (χ0) is 22.5. The Hall–Kier alpha value is -3.33. The number of carbonyl (C=O) groups is 1. The molecule has 158 valence electrons. The number of aryl methyl sites for hydroxylation is 2. The quantitative estimate of drug-likeness (QED) is 0.212. The monoisotopic (exact) mass is 407 g/mol. The third-order valence-electron chi connectivity index (χ3n) is 4.55. The van der Waals surface area contributed by atoms with Crippen molar-refractivity contribution in [2.45, 2.75) is 59.8 Å². The summed E-state index contributed by atoms with van der Waals surface area (Å²) in [5, 5.41) is 14.5. The Bertz CT molecular complexity index is 986. The smallest absolute Gasteiger partial charge is 0.333 e. The fourth-order valence-electron chi connectivity index (χ4n) is 3.00. The minimum absolute atomic E-state index is 0.000271. The Kier molecular flexibility index (Phi) is 7.23. The van der Waals surface area contributed by atoms with Gasteiger partial charge in [0.1, 0.15) is 17.3 Å². The normalized spacial score (nSPS) is 13.1. The molecule has 0 aliphatic carbocycles. The molecule has 2 rings (SSSR count). The van der Waals surface area contributed by atoms with E-state index < -0.39 is 12.3 Å². The van der Waals surface area contributed by atoms with Crippen molar-refractivity contribution in [3.8, 4) is 6.07 Å². The maximum atomic E-state index is 11.6. The number of rotatable bonds is 7. The van der Waals surface area contributed by atoms with Crippen LogP contribution in [-0.2, 0) is 26.2 Å². The third-order valence-corrected chi connectivity index (χ3v) is 4.55. The van der Waals surface area contributed by atoms with Crippen molar-refractivity contribution in [2.24, 2.45) is 0 Å². The highest BCUT2D eigenvalue weighted by Gasteiger charge is 2.22. The summed E-state index contributed by atoms with van der Waals surface area (Å²) in [4.78, 5) is 11.6. The summed E-state index contributed by atoms with van der Waals surface area (Å²) in [5.74, 6) is -0.289. The first-order chi connectivity index (χ1) is 14.1. The maximum absolute atomic E-state index is 11.6. The van der Waals surface area contributed by atoms with E-state index in [-0.39, 0.29) is 5.41 Å². The van der Waals surface area contributed by atoms with Crippen LogP contribution in [0.3, 0.4) is 0 Å². The van der Waals surface area contributed by atoms with Crippen molar-refractivity contribution in [2.75, 3.05) is 0 Å². The van der Waals surface area contributed by atoms with Crippen molar-refractivity contribution in [1.82, 2.24) is 9.78 Å². The first kappa shape index (κ1) is 23.0. The fourth-order valence-corrected chi connectivity index (χ4v) is 3.00. The Morgan fingerprint density at radius 2 is 1.93 bits per heavy atom. The Balaban J connectivity index is 2.61. The Labute approximate surface area is 178 Å². The summed E-state index contributed by atoms with van der Waals surface area (Å²) < 4.78 is 12.9. The molecule has 6 heteroatoms. The lowest BCUT2D eigenvalue weighted by Crippen LogP contribution is -2.18. The molecule has 1 unspecified atom stereocenters. The number of aromatic nitrogens is 2. The van der Waals surface area contributed by atoms with Crippen molar-refractivity contribution >= 4 is 17.3 Å². The number of benzene rings is 1. The standard InChI is InChI=1S/C24H29N3O3/c1-8-22(28)29-17(4)30-23(21-14-16(3)26-27(21)9-2)20(15-25)18-10-12-19(13-11-18)24(5,6)7/h8,10-14,17H,1,9H2,2-7H3/b23-20-. The fraction of sp³-hybridized carbons (Fsp3) is 0.375. The summed E-state index contributed by atoms with van der Waals surface area (Å²) >= 11 is 0. The molecule has 1 aromatic heterocycles. The molecule has 0 spiro atoms. The predicted octanol–water partition coefficient (Wildman–Crippen LogP) is 4.99. The lowest BCUT2D eigenvalue weighted by atomic mass is 9.86. The highest BCUT2D eigenvalue weighted by atomic mass is 16.7. The van der Waals surface area contributed by atoms with E-state index in [0.717, 1.165) is 17.3 Å². The summed E-state index contributed by atoms with van der Waals surface area (Å²) in [5.41, 5.74) is 3.65. The van der Waals surface area contributed by atoms with Gasteiger partial charge in [-0.1, -0.05) is 51.6 Å². The first-order valence-corrected chi connectivity index (χ1v) is 9.90. The molecule has 1 heterocycles. The van der Waals surface area contributed by atoms with Crippen LogP contribution in [0.4, 0.5) is 0 Å². The van der Waals surface area contributed by atoms with Crippen LogP contribution in [-0.4, -0.2) is 22.0 Å². The molecule has 0 saturated heterocycles. The van der Waals surface area contributed by atoms with Gasteiger partial charge in [0.15, 0.2) is 5.76 Å². The van der Waals surface area contributed by atoms with Crippen molar-refractivity contribution in [3.05, 3.63) is 65.5 Å². The van der Waals surface area contributed by atoms with Gasteiger partial charge < -0.3 is 9.47 Å². The predicted molar refractivity (Wildman–Crippen MR) is 117 cm³/mol. The van der Waals surface area contributed by atoms with Crippen LogP contribution in [0.1, 0.15) is 57.1 Å². The molecule has 1 atom stereocenters. The van der Waals surface area contributed by atoms with Gasteiger partial charge >= 0.3 is 5.97 Å². The third kappa shape index (κ3) is 5.38. The van der Waals surface area contributed by atoms with E-state index >= 15 is 0 Å². The van der Waals surface area contributed by atoms with Crippen LogP contribution in [0.25, 0.3) is 11.3 Å². The van der Waals surface area contributed by atoms with Gasteiger partial charge in [0.2, 0.25) is 6.29 Å². The van der Waals surface area contributed by atoms with Crippen LogP contribution in [0.5, 0.6) is 0 Å². The lowest BCUT2D eigenvalue weighted by Gasteiger charge is -2.21. The number of ether oxygens (including phenoxy) is 2.